The van der Waals surface area contributed by atoms with E-state index in [9.17, 15) is 9.59 Å². The zero-order chi connectivity index (χ0) is 30.4. The first kappa shape index (κ1) is 31.3. The van der Waals surface area contributed by atoms with Gasteiger partial charge in [-0.05, 0) is 82.9 Å². The third-order valence-corrected chi connectivity index (χ3v) is 7.45. The lowest BCUT2D eigenvalue weighted by Crippen LogP contribution is -2.40. The fraction of sp³-hybridized carbons (Fsp3) is 0.484. The van der Waals surface area contributed by atoms with Crippen LogP contribution in [0.5, 0.6) is 5.75 Å². The van der Waals surface area contributed by atoms with Gasteiger partial charge in [0.25, 0.3) is 0 Å². The number of unbranched alkanes of at least 4 members (excludes halogenated alkanes) is 2. The number of benzene rings is 2. The van der Waals surface area contributed by atoms with Crippen LogP contribution in [0.1, 0.15) is 81.8 Å². The highest BCUT2D eigenvalue weighted by Crippen LogP contribution is 2.39. The lowest BCUT2D eigenvalue weighted by Gasteiger charge is -2.27. The molecule has 11 heteroatoms. The van der Waals surface area contributed by atoms with Crippen molar-refractivity contribution < 1.29 is 19.1 Å². The molecule has 226 valence electrons. The van der Waals surface area contributed by atoms with E-state index in [1.807, 2.05) is 81.7 Å². The van der Waals surface area contributed by atoms with Gasteiger partial charge in [0.2, 0.25) is 5.91 Å². The smallest absolute Gasteiger partial charge is 0.407 e. The van der Waals surface area contributed by atoms with Gasteiger partial charge in [0.1, 0.15) is 17.2 Å². The van der Waals surface area contributed by atoms with Gasteiger partial charge < -0.3 is 20.1 Å². The highest BCUT2D eigenvalue weighted by molar-refractivity contribution is 6.30. The summed E-state index contributed by atoms with van der Waals surface area (Å²) >= 11 is 6.21. The number of aromatic nitrogens is 3. The molecule has 2 aromatic carbocycles. The maximum absolute atomic E-state index is 13.4. The maximum atomic E-state index is 13.4. The van der Waals surface area contributed by atoms with Crippen molar-refractivity contribution >= 4 is 23.6 Å². The van der Waals surface area contributed by atoms with E-state index in [-0.39, 0.29) is 11.9 Å². The van der Waals surface area contributed by atoms with Crippen LogP contribution in [0.4, 0.5) is 4.79 Å². The van der Waals surface area contributed by atoms with Crippen molar-refractivity contribution in [1.82, 2.24) is 30.7 Å². The molecule has 1 unspecified atom stereocenters. The largest absolute Gasteiger partial charge is 0.497 e. The molecule has 0 bridgehead atoms. The fourth-order valence-electron chi connectivity index (χ4n) is 5.07. The minimum atomic E-state index is -0.520. The van der Waals surface area contributed by atoms with E-state index in [2.05, 4.69) is 26.1 Å². The number of rotatable bonds is 10. The molecule has 0 aliphatic carbocycles. The van der Waals surface area contributed by atoms with Crippen LogP contribution < -0.4 is 20.7 Å². The Kier molecular flexibility index (Phi) is 10.1. The lowest BCUT2D eigenvalue weighted by molar-refractivity contribution is -0.125. The Labute approximate surface area is 252 Å². The fourth-order valence-corrected chi connectivity index (χ4v) is 5.20. The van der Waals surface area contributed by atoms with E-state index in [1.165, 1.54) is 0 Å². The molecule has 4 rings (SSSR count). The standard InChI is InChI=1S/C31H41ClN6O4/c1-19(29(39)33-16-8-7-9-17-34-30(40)42-31(3,4)5)26-28-37-36-20(2)38(28)25-15-14-23(41-6)18-24(25)27(35-26)21-10-12-22(32)13-11-21/h10-15,18-19,26-27,35H,7-9,16-17H2,1-6H3,(H,33,39)(H,34,40)/t19-,26+,27?/m1/s1. The van der Waals surface area contributed by atoms with Gasteiger partial charge in [-0.3, -0.25) is 14.7 Å². The summed E-state index contributed by atoms with van der Waals surface area (Å²) in [6.45, 7) is 10.4. The number of alkyl carbamates (subject to hydrolysis) is 1. The van der Waals surface area contributed by atoms with E-state index in [1.54, 1.807) is 7.11 Å². The summed E-state index contributed by atoms with van der Waals surface area (Å²) in [7, 11) is 1.64. The second-order valence-electron chi connectivity index (χ2n) is 11.6. The average Bonchev–Trinajstić information content (AvgIpc) is 3.25. The first-order valence-corrected chi connectivity index (χ1v) is 14.7. The van der Waals surface area contributed by atoms with Crippen molar-refractivity contribution in [3.05, 3.63) is 70.3 Å². The third-order valence-electron chi connectivity index (χ3n) is 7.20. The number of nitrogens with one attached hydrogen (secondary N) is 3. The summed E-state index contributed by atoms with van der Waals surface area (Å²) in [6.07, 6.45) is 2.03. The Bertz CT molecular complexity index is 1390. The monoisotopic (exact) mass is 596 g/mol. The number of halogens is 1. The van der Waals surface area contributed by atoms with Gasteiger partial charge in [-0.1, -0.05) is 30.7 Å². The normalized spacial score (nSPS) is 16.9. The van der Waals surface area contributed by atoms with Gasteiger partial charge in [0.15, 0.2) is 5.82 Å². The van der Waals surface area contributed by atoms with Gasteiger partial charge in [-0.15, -0.1) is 10.2 Å². The van der Waals surface area contributed by atoms with E-state index < -0.39 is 23.7 Å². The summed E-state index contributed by atoms with van der Waals surface area (Å²) in [5, 5.41) is 19.1. The zero-order valence-electron chi connectivity index (χ0n) is 25.2. The number of hydrogen-bond acceptors (Lipinski definition) is 7. The average molecular weight is 597 g/mol. The van der Waals surface area contributed by atoms with Crippen LogP contribution >= 0.6 is 11.6 Å². The Morgan fingerprint density at radius 3 is 2.40 bits per heavy atom. The van der Waals surface area contributed by atoms with Crippen molar-refractivity contribution in [3.63, 3.8) is 0 Å². The Morgan fingerprint density at radius 2 is 1.74 bits per heavy atom. The number of carbonyl (C=O) groups is 2. The molecule has 1 aliphatic rings. The number of nitrogens with zero attached hydrogens (tertiary/aromatic N) is 3. The van der Waals surface area contributed by atoms with Crippen molar-refractivity contribution in [3.8, 4) is 11.4 Å². The van der Waals surface area contributed by atoms with E-state index in [0.29, 0.717) is 23.9 Å². The van der Waals surface area contributed by atoms with Crippen molar-refractivity contribution in [1.29, 1.82) is 0 Å². The number of amides is 2. The number of fused-ring (bicyclic) bond motifs is 3. The summed E-state index contributed by atoms with van der Waals surface area (Å²) in [6, 6.07) is 12.9. The number of ether oxygens (including phenoxy) is 2. The molecule has 3 atom stereocenters. The number of methoxy groups -OCH3 is 1. The van der Waals surface area contributed by atoms with Crippen molar-refractivity contribution in [2.45, 2.75) is 71.6 Å². The number of hydrogen-bond donors (Lipinski definition) is 3. The van der Waals surface area contributed by atoms with Crippen LogP contribution in [0.15, 0.2) is 42.5 Å². The van der Waals surface area contributed by atoms with Crippen LogP contribution in [0.2, 0.25) is 5.02 Å². The predicted molar refractivity (Wildman–Crippen MR) is 162 cm³/mol. The molecule has 0 radical (unpaired) electrons. The highest BCUT2D eigenvalue weighted by atomic mass is 35.5. The minimum absolute atomic E-state index is 0.0787. The van der Waals surface area contributed by atoms with Crippen LogP contribution in [0.3, 0.4) is 0 Å². The molecule has 0 saturated carbocycles. The molecule has 42 heavy (non-hydrogen) atoms. The number of aryl methyl sites for hydroxylation is 1. The molecule has 0 saturated heterocycles. The van der Waals surface area contributed by atoms with Gasteiger partial charge >= 0.3 is 6.09 Å². The molecule has 0 fully saturated rings. The topological polar surface area (TPSA) is 119 Å². The summed E-state index contributed by atoms with van der Waals surface area (Å²) < 4.78 is 12.8. The molecule has 3 N–H and O–H groups in total. The van der Waals surface area contributed by atoms with Crippen LogP contribution in [0.25, 0.3) is 5.69 Å². The number of carbonyl (C=O) groups excluding carboxylic acids is 2. The first-order chi connectivity index (χ1) is 20.0. The molecular weight excluding hydrogens is 556 g/mol. The van der Waals surface area contributed by atoms with Crippen LogP contribution in [0, 0.1) is 12.8 Å². The Hall–Kier alpha value is -3.63. The Morgan fingerprint density at radius 1 is 1.05 bits per heavy atom. The summed E-state index contributed by atoms with van der Waals surface area (Å²) in [5.41, 5.74) is 2.39. The van der Waals surface area contributed by atoms with Gasteiger partial charge in [0.05, 0.1) is 30.8 Å². The maximum Gasteiger partial charge on any atom is 0.407 e. The predicted octanol–water partition coefficient (Wildman–Crippen LogP) is 5.42. The molecule has 0 spiro atoms. The molecule has 10 nitrogen and oxygen atoms in total. The second-order valence-corrected chi connectivity index (χ2v) is 12.0. The Balaban J connectivity index is 1.46. The third kappa shape index (κ3) is 7.60. The van der Waals surface area contributed by atoms with Gasteiger partial charge in [-0.25, -0.2) is 4.79 Å². The summed E-state index contributed by atoms with van der Waals surface area (Å²) in [4.78, 5) is 25.2. The lowest BCUT2D eigenvalue weighted by atomic mass is 9.94. The quantitative estimate of drug-likeness (QED) is 0.267. The van der Waals surface area contributed by atoms with Gasteiger partial charge in [-0.2, -0.15) is 0 Å². The van der Waals surface area contributed by atoms with Crippen LogP contribution in [-0.2, 0) is 9.53 Å². The molecule has 2 heterocycles. The SMILES string of the molecule is COc1ccc2c(c1)C(c1ccc(Cl)cc1)N[C@@H]([C@@H](C)C(=O)NCCCCCNC(=O)OC(C)(C)C)c1nnc(C)n1-2. The zero-order valence-corrected chi connectivity index (χ0v) is 25.9. The molecule has 2 amide bonds. The van der Waals surface area contributed by atoms with E-state index in [0.717, 1.165) is 47.7 Å². The molecule has 3 aromatic rings. The highest BCUT2D eigenvalue weighted by Gasteiger charge is 2.37. The van der Waals surface area contributed by atoms with Crippen LogP contribution in [-0.4, -0.2) is 52.6 Å². The molecule has 1 aromatic heterocycles. The van der Waals surface area contributed by atoms with Crippen molar-refractivity contribution in [2.75, 3.05) is 20.2 Å². The molecule has 1 aliphatic heterocycles. The second kappa shape index (κ2) is 13.6. The van der Waals surface area contributed by atoms with Gasteiger partial charge in [0, 0.05) is 23.7 Å². The van der Waals surface area contributed by atoms with E-state index in [4.69, 9.17) is 21.1 Å². The minimum Gasteiger partial charge on any atom is -0.497 e. The first-order valence-electron chi connectivity index (χ1n) is 14.3. The van der Waals surface area contributed by atoms with E-state index >= 15 is 0 Å². The van der Waals surface area contributed by atoms with Crippen molar-refractivity contribution in [2.24, 2.45) is 5.92 Å². The molecular formula is C31H41ClN6O4. The summed E-state index contributed by atoms with van der Waals surface area (Å²) in [5.74, 6) is 1.60.